The number of aliphatic imine (C=N–C) groups is 2. The Kier molecular flexibility index (Phi) is 5.59. The molecule has 1 aliphatic heterocycles. The summed E-state index contributed by atoms with van der Waals surface area (Å²) >= 11 is 0. The van der Waals surface area contributed by atoms with Crippen LogP contribution in [0.25, 0.3) is 0 Å². The van der Waals surface area contributed by atoms with E-state index in [0.717, 1.165) is 5.69 Å². The Balaban J connectivity index is 2.18. The van der Waals surface area contributed by atoms with Crippen molar-refractivity contribution in [2.75, 3.05) is 26.1 Å². The van der Waals surface area contributed by atoms with Crippen molar-refractivity contribution in [1.29, 1.82) is 0 Å². The van der Waals surface area contributed by atoms with E-state index in [1.807, 2.05) is 12.2 Å². The van der Waals surface area contributed by atoms with Gasteiger partial charge in [-0.3, -0.25) is 4.99 Å². The molecular formula is C16H19N3O3. The Morgan fingerprint density at radius 3 is 2.41 bits per heavy atom. The molecule has 1 aliphatic rings. The van der Waals surface area contributed by atoms with Gasteiger partial charge in [0.1, 0.15) is 17.9 Å². The molecule has 0 aliphatic carbocycles. The smallest absolute Gasteiger partial charge is 0.158 e. The van der Waals surface area contributed by atoms with Crippen LogP contribution in [-0.4, -0.2) is 38.0 Å². The summed E-state index contributed by atoms with van der Waals surface area (Å²) in [4.78, 5) is 8.48. The molecule has 0 saturated heterocycles. The van der Waals surface area contributed by atoms with Crippen LogP contribution in [0, 0.1) is 0 Å². The van der Waals surface area contributed by atoms with Crippen molar-refractivity contribution in [2.24, 2.45) is 9.98 Å². The maximum atomic E-state index is 9.31. The van der Waals surface area contributed by atoms with Crippen LogP contribution in [0.1, 0.15) is 6.42 Å². The monoisotopic (exact) mass is 301 g/mol. The number of phenolic OH excluding ortho intramolecular Hbond substituents is 1. The van der Waals surface area contributed by atoms with Crippen molar-refractivity contribution in [1.82, 2.24) is 0 Å². The van der Waals surface area contributed by atoms with Gasteiger partial charge < -0.3 is 19.9 Å². The second-order valence-electron chi connectivity index (χ2n) is 4.48. The fraction of sp³-hybridized carbons (Fsp3) is 0.250. The molecule has 6 heteroatoms. The Hall–Kier alpha value is -2.76. The first kappa shape index (κ1) is 15.6. The van der Waals surface area contributed by atoms with Gasteiger partial charge in [-0.25, -0.2) is 4.99 Å². The van der Waals surface area contributed by atoms with Crippen molar-refractivity contribution < 1.29 is 14.6 Å². The van der Waals surface area contributed by atoms with Gasteiger partial charge in [0.2, 0.25) is 0 Å². The van der Waals surface area contributed by atoms with Crippen LogP contribution < -0.4 is 5.32 Å². The van der Waals surface area contributed by atoms with Crippen molar-refractivity contribution in [3.63, 3.8) is 0 Å². The van der Waals surface area contributed by atoms with E-state index in [-0.39, 0.29) is 5.75 Å². The molecule has 2 rings (SSSR count). The van der Waals surface area contributed by atoms with E-state index in [9.17, 15) is 5.11 Å². The SMILES string of the molecule is COC1=C/CN=CN=C(Nc2ccc(O)cc2)C/C=C\1OC. The topological polar surface area (TPSA) is 75.4 Å². The Bertz CT molecular complexity index is 616. The highest BCUT2D eigenvalue weighted by Gasteiger charge is 2.07. The number of hydrogen-bond donors (Lipinski definition) is 2. The number of phenols is 1. The first-order chi connectivity index (χ1) is 10.7. The summed E-state index contributed by atoms with van der Waals surface area (Å²) < 4.78 is 10.6. The van der Waals surface area contributed by atoms with Crippen LogP contribution in [0.4, 0.5) is 5.69 Å². The van der Waals surface area contributed by atoms with E-state index in [1.54, 1.807) is 38.5 Å². The van der Waals surface area contributed by atoms with Gasteiger partial charge in [0, 0.05) is 12.1 Å². The van der Waals surface area contributed by atoms with E-state index >= 15 is 0 Å². The summed E-state index contributed by atoms with van der Waals surface area (Å²) in [7, 11) is 3.19. The molecule has 0 atom stereocenters. The molecule has 1 heterocycles. The molecule has 2 N–H and O–H groups in total. The lowest BCUT2D eigenvalue weighted by Gasteiger charge is -2.12. The van der Waals surface area contributed by atoms with Crippen LogP contribution in [0.2, 0.25) is 0 Å². The number of hydrogen-bond acceptors (Lipinski definition) is 6. The van der Waals surface area contributed by atoms with Crippen LogP contribution in [0.3, 0.4) is 0 Å². The highest BCUT2D eigenvalue weighted by molar-refractivity contribution is 6.00. The molecule has 0 saturated carbocycles. The minimum absolute atomic E-state index is 0.219. The first-order valence-electron chi connectivity index (χ1n) is 6.82. The van der Waals surface area contributed by atoms with Gasteiger partial charge in [-0.05, 0) is 36.4 Å². The number of aromatic hydroxyl groups is 1. The third-order valence-corrected chi connectivity index (χ3v) is 3.00. The molecule has 0 spiro atoms. The van der Waals surface area contributed by atoms with Crippen LogP contribution in [0.5, 0.6) is 5.75 Å². The first-order valence-corrected chi connectivity index (χ1v) is 6.82. The van der Waals surface area contributed by atoms with Crippen molar-refractivity contribution >= 4 is 17.9 Å². The molecule has 0 unspecified atom stereocenters. The zero-order chi connectivity index (χ0) is 15.8. The van der Waals surface area contributed by atoms with E-state index < -0.39 is 0 Å². The van der Waals surface area contributed by atoms with Gasteiger partial charge in [-0.1, -0.05) is 0 Å². The summed E-state index contributed by atoms with van der Waals surface area (Å²) in [6, 6.07) is 6.77. The number of anilines is 1. The second kappa shape index (κ2) is 7.87. The molecule has 0 radical (unpaired) electrons. The molecule has 6 nitrogen and oxygen atoms in total. The summed E-state index contributed by atoms with van der Waals surface area (Å²) in [5.41, 5.74) is 0.830. The third-order valence-electron chi connectivity index (χ3n) is 3.00. The standard InChI is InChI=1S/C16H19N3O3/c1-21-14-7-8-16(18-11-17-10-9-15(14)22-2)19-12-3-5-13(20)6-4-12/h3-7,9,11,20H,8,10H2,1-2H3,(H,17,18,19)/b14-7+,15-9+. The molecule has 1 aromatic rings. The van der Waals surface area contributed by atoms with Crippen LogP contribution >= 0.6 is 0 Å². The predicted octanol–water partition coefficient (Wildman–Crippen LogP) is 2.70. The van der Waals surface area contributed by atoms with Gasteiger partial charge in [0.25, 0.3) is 0 Å². The van der Waals surface area contributed by atoms with E-state index in [0.29, 0.717) is 30.3 Å². The van der Waals surface area contributed by atoms with E-state index in [4.69, 9.17) is 9.47 Å². The van der Waals surface area contributed by atoms with Crippen LogP contribution in [0.15, 0.2) is 57.9 Å². The maximum absolute atomic E-state index is 9.31. The second-order valence-corrected chi connectivity index (χ2v) is 4.48. The van der Waals surface area contributed by atoms with Crippen molar-refractivity contribution in [2.45, 2.75) is 6.42 Å². The Morgan fingerprint density at radius 1 is 1.05 bits per heavy atom. The number of nitrogens with zero attached hydrogens (tertiary/aromatic N) is 2. The van der Waals surface area contributed by atoms with Crippen LogP contribution in [-0.2, 0) is 9.47 Å². The fourth-order valence-electron chi connectivity index (χ4n) is 1.90. The quantitative estimate of drug-likeness (QED) is 0.842. The van der Waals surface area contributed by atoms with Gasteiger partial charge >= 0.3 is 0 Å². The zero-order valence-corrected chi connectivity index (χ0v) is 12.6. The van der Waals surface area contributed by atoms with Gasteiger partial charge in [0.15, 0.2) is 11.5 Å². The largest absolute Gasteiger partial charge is 0.508 e. The average molecular weight is 301 g/mol. The lowest BCUT2D eigenvalue weighted by molar-refractivity contribution is 0.219. The van der Waals surface area contributed by atoms with Crippen molar-refractivity contribution in [3.05, 3.63) is 47.9 Å². The summed E-state index contributed by atoms with van der Waals surface area (Å²) in [5.74, 6) is 2.21. The van der Waals surface area contributed by atoms with Crippen molar-refractivity contribution in [3.8, 4) is 5.75 Å². The van der Waals surface area contributed by atoms with Gasteiger partial charge in [-0.15, -0.1) is 0 Å². The Labute approximate surface area is 129 Å². The molecule has 0 fully saturated rings. The average Bonchev–Trinajstić information content (AvgIpc) is 2.54. The number of methoxy groups -OCH3 is 2. The number of ether oxygens (including phenoxy) is 2. The summed E-state index contributed by atoms with van der Waals surface area (Å²) in [6.07, 6.45) is 5.76. The Morgan fingerprint density at radius 2 is 1.73 bits per heavy atom. The highest BCUT2D eigenvalue weighted by atomic mass is 16.5. The molecular weight excluding hydrogens is 282 g/mol. The molecule has 22 heavy (non-hydrogen) atoms. The maximum Gasteiger partial charge on any atom is 0.158 e. The number of benzene rings is 1. The highest BCUT2D eigenvalue weighted by Crippen LogP contribution is 2.16. The molecule has 0 aromatic heterocycles. The van der Waals surface area contributed by atoms with E-state index in [2.05, 4.69) is 15.3 Å². The predicted molar refractivity (Wildman–Crippen MR) is 87.3 cm³/mol. The summed E-state index contributed by atoms with van der Waals surface area (Å²) in [5, 5.41) is 12.5. The summed E-state index contributed by atoms with van der Waals surface area (Å²) in [6.45, 7) is 0.458. The number of rotatable bonds is 3. The lowest BCUT2D eigenvalue weighted by Crippen LogP contribution is -2.12. The molecule has 1 aromatic carbocycles. The normalized spacial score (nSPS) is 20.0. The number of nitrogens with one attached hydrogen (secondary N) is 1. The van der Waals surface area contributed by atoms with Gasteiger partial charge in [0.05, 0.1) is 20.8 Å². The minimum atomic E-state index is 0.219. The third kappa shape index (κ3) is 4.37. The molecule has 0 bridgehead atoms. The fourth-order valence-corrected chi connectivity index (χ4v) is 1.90. The lowest BCUT2D eigenvalue weighted by atomic mass is 10.2. The minimum Gasteiger partial charge on any atom is -0.508 e. The zero-order valence-electron chi connectivity index (χ0n) is 12.6. The molecule has 0 amide bonds. The molecule has 116 valence electrons. The number of amidine groups is 1. The van der Waals surface area contributed by atoms with Gasteiger partial charge in [-0.2, -0.15) is 0 Å². The van der Waals surface area contributed by atoms with E-state index in [1.165, 1.54) is 6.34 Å².